The van der Waals surface area contributed by atoms with Crippen LogP contribution in [0.2, 0.25) is 0 Å². The van der Waals surface area contributed by atoms with Gasteiger partial charge in [0, 0.05) is 69.5 Å². The average molecular weight is 524 g/mol. The number of fused-ring (bicyclic) bond motifs is 2. The highest BCUT2D eigenvalue weighted by atomic mass is 32.3. The Kier molecular flexibility index (Phi) is 6.55. The lowest BCUT2D eigenvalue weighted by atomic mass is 10.1. The molecule has 2 aromatic carbocycles. The van der Waals surface area contributed by atoms with Crippen molar-refractivity contribution in [3.05, 3.63) is 59.7 Å². The van der Waals surface area contributed by atoms with Gasteiger partial charge in [0.25, 0.3) is 0 Å². The summed E-state index contributed by atoms with van der Waals surface area (Å²) in [5, 5.41) is 12.2. The van der Waals surface area contributed by atoms with Gasteiger partial charge in [-0.05, 0) is 37.7 Å². The fourth-order valence-electron chi connectivity index (χ4n) is 5.99. The van der Waals surface area contributed by atoms with E-state index in [4.69, 9.17) is 4.98 Å². The summed E-state index contributed by atoms with van der Waals surface area (Å²) in [4.78, 5) is 14.9. The van der Waals surface area contributed by atoms with Gasteiger partial charge in [0.2, 0.25) is 0 Å². The first-order chi connectivity index (χ1) is 17.8. The molecule has 6 rings (SSSR count). The topological polar surface area (TPSA) is 86.5 Å². The van der Waals surface area contributed by atoms with Gasteiger partial charge >= 0.3 is 0 Å². The maximum atomic E-state index is 11.1. The highest BCUT2D eigenvalue weighted by Gasteiger charge is 2.37. The van der Waals surface area contributed by atoms with Crippen molar-refractivity contribution in [2.24, 2.45) is 0 Å². The molecule has 0 bridgehead atoms. The molecule has 0 saturated carbocycles. The van der Waals surface area contributed by atoms with Crippen molar-refractivity contribution in [1.82, 2.24) is 14.8 Å². The molecule has 0 unspecified atom stereocenters. The lowest BCUT2D eigenvalue weighted by molar-refractivity contribution is 0.0512. The van der Waals surface area contributed by atoms with Gasteiger partial charge in [-0.3, -0.25) is 14.0 Å². The second-order valence-electron chi connectivity index (χ2n) is 10.8. The Bertz CT molecular complexity index is 1300. The van der Waals surface area contributed by atoms with E-state index < -0.39 is 16.7 Å². The minimum atomic E-state index is -2.85. The van der Waals surface area contributed by atoms with Crippen molar-refractivity contribution in [2.45, 2.75) is 30.5 Å². The van der Waals surface area contributed by atoms with Crippen molar-refractivity contribution < 1.29 is 14.2 Å². The maximum absolute atomic E-state index is 11.1. The Hall–Kier alpha value is -2.40. The molecule has 2 fully saturated rings. The second kappa shape index (κ2) is 9.72. The first-order valence-electron chi connectivity index (χ1n) is 13.1. The normalized spacial score (nSPS) is 25.8. The van der Waals surface area contributed by atoms with E-state index in [-0.39, 0.29) is 11.8 Å². The summed E-state index contributed by atoms with van der Waals surface area (Å²) in [5.74, 6) is 1.11. The minimum Gasteiger partial charge on any atom is -0.390 e. The van der Waals surface area contributed by atoms with Gasteiger partial charge in [-0.25, -0.2) is 4.98 Å². The lowest BCUT2D eigenvalue weighted by Crippen LogP contribution is -2.52. The molecule has 2 saturated heterocycles. The van der Waals surface area contributed by atoms with Crippen LogP contribution in [0, 0.1) is 6.92 Å². The Morgan fingerprint density at radius 3 is 2.51 bits per heavy atom. The maximum Gasteiger partial charge on any atom is 0.131 e. The number of benzene rings is 2. The van der Waals surface area contributed by atoms with Crippen LogP contribution in [0.25, 0.3) is 10.9 Å². The van der Waals surface area contributed by atoms with Crippen molar-refractivity contribution in [2.75, 3.05) is 68.4 Å². The van der Waals surface area contributed by atoms with E-state index in [0.717, 1.165) is 60.7 Å². The zero-order valence-electron chi connectivity index (χ0n) is 21.6. The SMILES string of the molecule is Cc1ccc2nc(N3CCS(O)(O)c4ccccc4C3)cc(N3C[C@@H](O)[C@H](N4CCN(C)CC4)C3)c2c1. The van der Waals surface area contributed by atoms with E-state index in [1.807, 2.05) is 24.3 Å². The van der Waals surface area contributed by atoms with Gasteiger partial charge < -0.3 is 19.8 Å². The Labute approximate surface area is 220 Å². The van der Waals surface area contributed by atoms with Crippen molar-refractivity contribution in [1.29, 1.82) is 0 Å². The summed E-state index contributed by atoms with van der Waals surface area (Å²) in [6, 6.07) is 16.2. The molecule has 0 amide bonds. The number of aryl methyl sites for hydroxylation is 1. The zero-order valence-corrected chi connectivity index (χ0v) is 22.4. The van der Waals surface area contributed by atoms with E-state index in [1.165, 1.54) is 5.56 Å². The highest BCUT2D eigenvalue weighted by molar-refractivity contribution is 8.24. The number of pyridine rings is 1. The summed E-state index contributed by atoms with van der Waals surface area (Å²) >= 11 is 0. The first-order valence-corrected chi connectivity index (χ1v) is 14.9. The van der Waals surface area contributed by atoms with Crippen LogP contribution in [0.4, 0.5) is 11.5 Å². The molecule has 3 aliphatic rings. The van der Waals surface area contributed by atoms with Gasteiger partial charge in [-0.15, -0.1) is 0 Å². The highest BCUT2D eigenvalue weighted by Crippen LogP contribution is 2.51. The van der Waals surface area contributed by atoms with Gasteiger partial charge in [0.1, 0.15) is 5.82 Å². The van der Waals surface area contributed by atoms with E-state index >= 15 is 0 Å². The molecule has 0 spiro atoms. The number of aliphatic hydroxyl groups is 1. The van der Waals surface area contributed by atoms with Gasteiger partial charge in [0.05, 0.1) is 28.3 Å². The molecule has 1 aromatic heterocycles. The van der Waals surface area contributed by atoms with Crippen LogP contribution in [-0.2, 0) is 6.54 Å². The summed E-state index contributed by atoms with van der Waals surface area (Å²) in [7, 11) is -0.691. The van der Waals surface area contributed by atoms with Crippen molar-refractivity contribution in [3.8, 4) is 0 Å². The van der Waals surface area contributed by atoms with Crippen LogP contribution in [0.5, 0.6) is 0 Å². The van der Waals surface area contributed by atoms with Crippen LogP contribution in [0.15, 0.2) is 53.4 Å². The molecule has 4 heterocycles. The molecule has 8 nitrogen and oxygen atoms in total. The predicted molar refractivity (Wildman–Crippen MR) is 151 cm³/mol. The van der Waals surface area contributed by atoms with Crippen LogP contribution < -0.4 is 9.80 Å². The number of aromatic nitrogens is 1. The largest absolute Gasteiger partial charge is 0.390 e. The van der Waals surface area contributed by atoms with Gasteiger partial charge in [0.15, 0.2) is 0 Å². The third-order valence-corrected chi connectivity index (χ3v) is 10.0. The number of likely N-dealkylation sites (N-methyl/N-ethyl adjacent to an activating group) is 1. The smallest absolute Gasteiger partial charge is 0.131 e. The summed E-state index contributed by atoms with van der Waals surface area (Å²) in [6.45, 7) is 8.56. The second-order valence-corrected chi connectivity index (χ2v) is 13.0. The fourth-order valence-corrected chi connectivity index (χ4v) is 7.54. The zero-order chi connectivity index (χ0) is 25.7. The lowest BCUT2D eigenvalue weighted by Gasteiger charge is -2.37. The quantitative estimate of drug-likeness (QED) is 0.481. The van der Waals surface area contributed by atoms with Crippen molar-refractivity contribution in [3.63, 3.8) is 0 Å². The number of anilines is 2. The summed E-state index contributed by atoms with van der Waals surface area (Å²) in [5.41, 5.74) is 4.11. The standard InChI is InChI=1S/C28H37N5O3S/c1-20-7-8-23-22(15-20)24(33-18-25(26(34)19-33)31-11-9-30(2)10-12-31)16-28(29-23)32-13-14-37(35,36)27-6-4-3-5-21(27)17-32/h3-8,15-16,25-26,34-36H,9-14,17-19H2,1-2H3/t25-,26-/m1/s1. The molecule has 3 N–H and O–H groups in total. The third-order valence-electron chi connectivity index (χ3n) is 8.19. The number of hydrogen-bond acceptors (Lipinski definition) is 8. The molecule has 2 atom stereocenters. The van der Waals surface area contributed by atoms with Crippen LogP contribution >= 0.6 is 10.6 Å². The Morgan fingerprint density at radius 1 is 0.919 bits per heavy atom. The third kappa shape index (κ3) is 4.80. The van der Waals surface area contributed by atoms with Crippen molar-refractivity contribution >= 4 is 33.0 Å². The molecule has 37 heavy (non-hydrogen) atoms. The number of aliphatic hydroxyl groups excluding tert-OH is 1. The number of β-amino-alcohol motifs (C(OH)–C–C–N with tert-alkyl or cyclic N) is 1. The summed E-state index contributed by atoms with van der Waals surface area (Å²) in [6.07, 6.45) is -0.405. The molecular weight excluding hydrogens is 486 g/mol. The molecule has 198 valence electrons. The number of piperazine rings is 1. The molecule has 9 heteroatoms. The van der Waals surface area contributed by atoms with Crippen LogP contribution in [-0.4, -0.2) is 99.8 Å². The number of rotatable bonds is 3. The van der Waals surface area contributed by atoms with E-state index in [1.54, 1.807) is 0 Å². The number of hydrogen-bond donors (Lipinski definition) is 3. The fraction of sp³-hybridized carbons (Fsp3) is 0.464. The number of nitrogens with zero attached hydrogens (tertiary/aromatic N) is 5. The van der Waals surface area contributed by atoms with E-state index in [2.05, 4.69) is 57.8 Å². The van der Waals surface area contributed by atoms with Gasteiger partial charge in [-0.1, -0.05) is 29.8 Å². The predicted octanol–water partition coefficient (Wildman–Crippen LogP) is 3.47. The van der Waals surface area contributed by atoms with E-state index in [9.17, 15) is 14.2 Å². The Balaban J connectivity index is 1.36. The molecule has 3 aliphatic heterocycles. The summed E-state index contributed by atoms with van der Waals surface area (Å²) < 4.78 is 21.7. The van der Waals surface area contributed by atoms with Gasteiger partial charge in [-0.2, -0.15) is 10.6 Å². The minimum absolute atomic E-state index is 0.114. The Morgan fingerprint density at radius 2 is 1.70 bits per heavy atom. The molecule has 3 aromatic rings. The van der Waals surface area contributed by atoms with Crippen LogP contribution in [0.1, 0.15) is 11.1 Å². The first kappa shape index (κ1) is 24.9. The van der Waals surface area contributed by atoms with E-state index in [0.29, 0.717) is 24.5 Å². The van der Waals surface area contributed by atoms with Crippen LogP contribution in [0.3, 0.4) is 0 Å². The molecular formula is C28H37N5O3S. The molecule has 0 aliphatic carbocycles. The molecule has 0 radical (unpaired) electrons. The monoisotopic (exact) mass is 523 g/mol. The average Bonchev–Trinajstić information content (AvgIpc) is 3.21.